The molecule has 4 nitrogen and oxygen atoms in total. The van der Waals surface area contributed by atoms with Gasteiger partial charge < -0.3 is 5.32 Å². The lowest BCUT2D eigenvalue weighted by molar-refractivity contribution is -0.385. The molecule has 0 fully saturated rings. The number of rotatable bonds is 5. The Morgan fingerprint density at radius 1 is 1.19 bits per heavy atom. The average molecular weight is 325 g/mol. The van der Waals surface area contributed by atoms with Gasteiger partial charge in [-0.25, -0.2) is 0 Å². The van der Waals surface area contributed by atoms with Gasteiger partial charge in [0.25, 0.3) is 5.69 Å². The summed E-state index contributed by atoms with van der Waals surface area (Å²) in [4.78, 5) is 10.6. The molecule has 2 aromatic rings. The third-order valence-corrected chi connectivity index (χ3v) is 3.85. The number of nitrogens with one attached hydrogen (secondary N) is 1. The molecule has 6 heteroatoms. The minimum absolute atomic E-state index is 0.0261. The summed E-state index contributed by atoms with van der Waals surface area (Å²) >= 11 is 11.9. The molecule has 1 unspecified atom stereocenters. The van der Waals surface area contributed by atoms with Crippen molar-refractivity contribution in [1.82, 2.24) is 5.32 Å². The van der Waals surface area contributed by atoms with Crippen molar-refractivity contribution in [3.8, 4) is 0 Å². The third kappa shape index (κ3) is 3.94. The molecule has 0 aromatic heterocycles. The normalized spacial score (nSPS) is 12.1. The van der Waals surface area contributed by atoms with Gasteiger partial charge in [0.15, 0.2) is 0 Å². The van der Waals surface area contributed by atoms with E-state index in [2.05, 4.69) is 5.32 Å². The van der Waals surface area contributed by atoms with Crippen LogP contribution in [0, 0.1) is 10.1 Å². The molecule has 1 N–H and O–H groups in total. The highest BCUT2D eigenvalue weighted by Gasteiger charge is 2.17. The average Bonchev–Trinajstić information content (AvgIpc) is 2.46. The largest absolute Gasteiger partial charge is 0.306 e. The maximum atomic E-state index is 11.0. The molecule has 0 bridgehead atoms. The van der Waals surface area contributed by atoms with E-state index in [4.69, 9.17) is 23.2 Å². The molecule has 2 aromatic carbocycles. The number of benzene rings is 2. The van der Waals surface area contributed by atoms with Gasteiger partial charge in [-0.3, -0.25) is 10.1 Å². The lowest BCUT2D eigenvalue weighted by Crippen LogP contribution is -2.19. The van der Waals surface area contributed by atoms with Crippen LogP contribution in [0.4, 0.5) is 5.69 Å². The van der Waals surface area contributed by atoms with Gasteiger partial charge in [0.2, 0.25) is 0 Å². The van der Waals surface area contributed by atoms with Crippen molar-refractivity contribution in [2.45, 2.75) is 19.5 Å². The summed E-state index contributed by atoms with van der Waals surface area (Å²) in [7, 11) is 0. The number of nitro groups is 1. The first kappa shape index (κ1) is 15.8. The smallest absolute Gasteiger partial charge is 0.275 e. The van der Waals surface area contributed by atoms with E-state index in [1.54, 1.807) is 12.1 Å². The van der Waals surface area contributed by atoms with Crippen LogP contribution < -0.4 is 5.32 Å². The van der Waals surface area contributed by atoms with Gasteiger partial charge in [0.05, 0.1) is 15.5 Å². The summed E-state index contributed by atoms with van der Waals surface area (Å²) in [6, 6.07) is 12.2. The van der Waals surface area contributed by atoms with E-state index in [0.717, 1.165) is 5.56 Å². The zero-order valence-corrected chi connectivity index (χ0v) is 12.9. The monoisotopic (exact) mass is 324 g/mol. The second-order valence-corrected chi connectivity index (χ2v) is 5.49. The quantitative estimate of drug-likeness (QED) is 0.637. The molecule has 0 aliphatic rings. The van der Waals surface area contributed by atoms with E-state index >= 15 is 0 Å². The van der Waals surface area contributed by atoms with Crippen molar-refractivity contribution in [3.05, 3.63) is 73.8 Å². The van der Waals surface area contributed by atoms with E-state index in [9.17, 15) is 10.1 Å². The fraction of sp³-hybridized carbons (Fsp3) is 0.200. The maximum Gasteiger partial charge on any atom is 0.275 e. The van der Waals surface area contributed by atoms with Crippen molar-refractivity contribution in [1.29, 1.82) is 0 Å². The van der Waals surface area contributed by atoms with E-state index < -0.39 is 4.92 Å². The first-order valence-corrected chi connectivity index (χ1v) is 7.15. The lowest BCUT2D eigenvalue weighted by Gasteiger charge is -2.15. The van der Waals surface area contributed by atoms with Crippen LogP contribution in [0.15, 0.2) is 42.5 Å². The molecule has 2 rings (SSSR count). The minimum Gasteiger partial charge on any atom is -0.306 e. The molecule has 0 aliphatic carbocycles. The highest BCUT2D eigenvalue weighted by atomic mass is 35.5. The van der Waals surface area contributed by atoms with E-state index in [0.29, 0.717) is 22.2 Å². The lowest BCUT2D eigenvalue weighted by atomic mass is 10.1. The first-order chi connectivity index (χ1) is 9.99. The molecular weight excluding hydrogens is 311 g/mol. The zero-order chi connectivity index (χ0) is 15.4. The maximum absolute atomic E-state index is 11.0. The van der Waals surface area contributed by atoms with Crippen molar-refractivity contribution < 1.29 is 4.92 Å². The van der Waals surface area contributed by atoms with Crippen molar-refractivity contribution in [2.75, 3.05) is 0 Å². The second kappa shape index (κ2) is 6.89. The Labute approximate surface area is 132 Å². The fourth-order valence-corrected chi connectivity index (χ4v) is 2.38. The van der Waals surface area contributed by atoms with Crippen LogP contribution >= 0.6 is 23.2 Å². The standard InChI is InChI=1S/C15H14Cl2N2O2/c1-10(11-5-7-12(16)8-6-11)18-9-13-14(17)3-2-4-15(13)19(20)21/h2-8,10,18H,9H2,1H3. The first-order valence-electron chi connectivity index (χ1n) is 6.39. The number of nitrogens with zero attached hydrogens (tertiary/aromatic N) is 1. The minimum atomic E-state index is -0.421. The molecule has 110 valence electrons. The highest BCUT2D eigenvalue weighted by molar-refractivity contribution is 6.31. The molecule has 0 saturated heterocycles. The summed E-state index contributed by atoms with van der Waals surface area (Å²) < 4.78 is 0. The molecule has 0 amide bonds. The van der Waals surface area contributed by atoms with E-state index in [-0.39, 0.29) is 11.7 Å². The van der Waals surface area contributed by atoms with Crippen LogP contribution in [0.3, 0.4) is 0 Å². The zero-order valence-electron chi connectivity index (χ0n) is 11.3. The van der Waals surface area contributed by atoms with Gasteiger partial charge in [-0.2, -0.15) is 0 Å². The van der Waals surface area contributed by atoms with Gasteiger partial charge in [0.1, 0.15) is 0 Å². The molecule has 0 aliphatic heterocycles. The van der Waals surface area contributed by atoms with E-state index in [1.165, 1.54) is 6.07 Å². The summed E-state index contributed by atoms with van der Waals surface area (Å²) in [5, 5.41) is 15.3. The SMILES string of the molecule is CC(NCc1c(Cl)cccc1[N+](=O)[O-])c1ccc(Cl)cc1. The Kier molecular flexibility index (Phi) is 5.17. The summed E-state index contributed by atoms with van der Waals surface area (Å²) in [5.74, 6) is 0. The topological polar surface area (TPSA) is 55.2 Å². The summed E-state index contributed by atoms with van der Waals surface area (Å²) in [5.41, 5.74) is 1.57. The summed E-state index contributed by atoms with van der Waals surface area (Å²) in [6.07, 6.45) is 0. The van der Waals surface area contributed by atoms with Crippen LogP contribution in [-0.4, -0.2) is 4.92 Å². The number of halogens is 2. The molecule has 0 saturated carbocycles. The fourth-order valence-electron chi connectivity index (χ4n) is 2.02. The predicted molar refractivity (Wildman–Crippen MR) is 84.8 cm³/mol. The predicted octanol–water partition coefficient (Wildman–Crippen LogP) is 4.75. The number of hydrogen-bond donors (Lipinski definition) is 1. The number of hydrogen-bond acceptors (Lipinski definition) is 3. The van der Waals surface area contributed by atoms with E-state index in [1.807, 2.05) is 31.2 Å². The number of nitro benzene ring substituents is 1. The van der Waals surface area contributed by atoms with Crippen LogP contribution in [-0.2, 0) is 6.54 Å². The second-order valence-electron chi connectivity index (χ2n) is 4.65. The van der Waals surface area contributed by atoms with Gasteiger partial charge in [-0.1, -0.05) is 41.4 Å². The Balaban J connectivity index is 2.13. The van der Waals surface area contributed by atoms with Crippen LogP contribution in [0.5, 0.6) is 0 Å². The Bertz CT molecular complexity index is 645. The van der Waals surface area contributed by atoms with Crippen molar-refractivity contribution in [2.24, 2.45) is 0 Å². The molecule has 0 radical (unpaired) electrons. The molecule has 0 heterocycles. The van der Waals surface area contributed by atoms with Gasteiger partial charge in [-0.05, 0) is 30.7 Å². The van der Waals surface area contributed by atoms with Crippen LogP contribution in [0.1, 0.15) is 24.1 Å². The van der Waals surface area contributed by atoms with Gasteiger partial charge >= 0.3 is 0 Å². The third-order valence-electron chi connectivity index (χ3n) is 3.25. The van der Waals surface area contributed by atoms with Gasteiger partial charge in [0, 0.05) is 23.7 Å². The molecule has 0 spiro atoms. The van der Waals surface area contributed by atoms with Gasteiger partial charge in [-0.15, -0.1) is 0 Å². The Morgan fingerprint density at radius 3 is 2.48 bits per heavy atom. The van der Waals surface area contributed by atoms with Crippen molar-refractivity contribution >= 4 is 28.9 Å². The molecular formula is C15H14Cl2N2O2. The summed E-state index contributed by atoms with van der Waals surface area (Å²) in [6.45, 7) is 2.30. The Morgan fingerprint density at radius 2 is 1.86 bits per heavy atom. The molecule has 21 heavy (non-hydrogen) atoms. The molecule has 1 atom stereocenters. The van der Waals surface area contributed by atoms with Crippen molar-refractivity contribution in [3.63, 3.8) is 0 Å². The Hall–Kier alpha value is -1.62. The van der Waals surface area contributed by atoms with Crippen LogP contribution in [0.2, 0.25) is 10.0 Å². The highest BCUT2D eigenvalue weighted by Crippen LogP contribution is 2.27. The van der Waals surface area contributed by atoms with Crippen LogP contribution in [0.25, 0.3) is 0 Å².